The van der Waals surface area contributed by atoms with E-state index in [0.29, 0.717) is 39.2 Å². The average Bonchev–Trinajstić information content (AvgIpc) is 2.87. The molecule has 0 unspecified atom stereocenters. The fourth-order valence-electron chi connectivity index (χ4n) is 3.00. The number of hydrogen-bond donors (Lipinski definition) is 2. The molecule has 0 radical (unpaired) electrons. The molecular formula is C26H22ClN3O5. The number of hydrogen-bond acceptors (Lipinski definition) is 6. The molecule has 0 aliphatic carbocycles. The molecular weight excluding hydrogens is 470 g/mol. The van der Waals surface area contributed by atoms with Crippen LogP contribution in [0.4, 0.5) is 11.4 Å². The Morgan fingerprint density at radius 2 is 1.77 bits per heavy atom. The summed E-state index contributed by atoms with van der Waals surface area (Å²) in [5, 5.41) is 15.2. The molecule has 0 atom stereocenters. The maximum absolute atomic E-state index is 12.6. The molecule has 3 rings (SSSR count). The molecule has 2 amide bonds. The number of anilines is 2. The highest BCUT2D eigenvalue weighted by molar-refractivity contribution is 6.33. The van der Waals surface area contributed by atoms with Gasteiger partial charge in [0.05, 0.1) is 24.9 Å². The largest absolute Gasteiger partial charge is 0.497 e. The first-order valence-corrected chi connectivity index (χ1v) is 10.7. The maximum atomic E-state index is 12.6. The van der Waals surface area contributed by atoms with E-state index < -0.39 is 11.8 Å². The number of nitriles is 1. The van der Waals surface area contributed by atoms with Crippen molar-refractivity contribution >= 4 is 40.9 Å². The Morgan fingerprint density at radius 1 is 0.971 bits per heavy atom. The molecule has 0 fully saturated rings. The van der Waals surface area contributed by atoms with Crippen LogP contribution in [0.25, 0.3) is 6.08 Å². The predicted octanol–water partition coefficient (Wildman–Crippen LogP) is 4.92. The lowest BCUT2D eigenvalue weighted by molar-refractivity contribution is -0.118. The first kappa shape index (κ1) is 25.1. The van der Waals surface area contributed by atoms with Crippen molar-refractivity contribution in [1.82, 2.24) is 0 Å². The number of amides is 2. The zero-order valence-corrected chi connectivity index (χ0v) is 19.8. The molecule has 0 saturated heterocycles. The van der Waals surface area contributed by atoms with Crippen molar-refractivity contribution in [3.63, 3.8) is 0 Å². The average molecular weight is 492 g/mol. The lowest BCUT2D eigenvalue weighted by Crippen LogP contribution is -2.20. The molecule has 0 saturated carbocycles. The van der Waals surface area contributed by atoms with Crippen molar-refractivity contribution < 1.29 is 23.8 Å². The summed E-state index contributed by atoms with van der Waals surface area (Å²) in [6, 6.07) is 20.4. The normalized spacial score (nSPS) is 10.6. The van der Waals surface area contributed by atoms with Crippen molar-refractivity contribution in [2.45, 2.75) is 0 Å². The van der Waals surface area contributed by atoms with Gasteiger partial charge in [-0.1, -0.05) is 35.9 Å². The molecule has 3 aromatic carbocycles. The predicted molar refractivity (Wildman–Crippen MR) is 134 cm³/mol. The van der Waals surface area contributed by atoms with Crippen LogP contribution in [-0.2, 0) is 9.59 Å². The van der Waals surface area contributed by atoms with Crippen LogP contribution in [0.15, 0.2) is 72.3 Å². The topological polar surface area (TPSA) is 110 Å². The molecule has 0 aromatic heterocycles. The van der Waals surface area contributed by atoms with E-state index in [1.54, 1.807) is 66.7 Å². The fourth-order valence-corrected chi connectivity index (χ4v) is 3.18. The smallest absolute Gasteiger partial charge is 0.266 e. The zero-order chi connectivity index (χ0) is 25.2. The number of methoxy groups -OCH3 is 2. The van der Waals surface area contributed by atoms with E-state index in [9.17, 15) is 14.9 Å². The first-order chi connectivity index (χ1) is 16.9. The van der Waals surface area contributed by atoms with Gasteiger partial charge in [0.1, 0.15) is 17.4 Å². The van der Waals surface area contributed by atoms with Crippen LogP contribution in [0.1, 0.15) is 5.56 Å². The molecule has 0 aliphatic heterocycles. The van der Waals surface area contributed by atoms with Gasteiger partial charge in [-0.25, -0.2) is 0 Å². The highest BCUT2D eigenvalue weighted by Gasteiger charge is 2.13. The summed E-state index contributed by atoms with van der Waals surface area (Å²) in [5.74, 6) is 0.251. The number of carbonyl (C=O) groups is 2. The summed E-state index contributed by atoms with van der Waals surface area (Å²) in [7, 11) is 2.97. The van der Waals surface area contributed by atoms with Gasteiger partial charge in [-0.3, -0.25) is 9.59 Å². The molecule has 0 bridgehead atoms. The highest BCUT2D eigenvalue weighted by Crippen LogP contribution is 2.29. The Bertz CT molecular complexity index is 1300. The number of para-hydroxylation sites is 1. The van der Waals surface area contributed by atoms with Gasteiger partial charge in [0.25, 0.3) is 11.8 Å². The molecule has 0 aliphatic rings. The number of carbonyl (C=O) groups excluding carboxylic acids is 2. The molecule has 8 nitrogen and oxygen atoms in total. The van der Waals surface area contributed by atoms with Crippen LogP contribution in [0, 0.1) is 11.3 Å². The summed E-state index contributed by atoms with van der Waals surface area (Å²) in [5.41, 5.74) is 1.40. The monoisotopic (exact) mass is 491 g/mol. The van der Waals surface area contributed by atoms with Gasteiger partial charge in [0.15, 0.2) is 18.1 Å². The minimum atomic E-state index is -0.573. The number of benzene rings is 3. The zero-order valence-electron chi connectivity index (χ0n) is 19.0. The summed E-state index contributed by atoms with van der Waals surface area (Å²) >= 11 is 6.05. The highest BCUT2D eigenvalue weighted by atomic mass is 35.5. The van der Waals surface area contributed by atoms with Crippen LogP contribution in [-0.4, -0.2) is 32.6 Å². The van der Waals surface area contributed by atoms with E-state index in [4.69, 9.17) is 25.8 Å². The van der Waals surface area contributed by atoms with Gasteiger partial charge in [0.2, 0.25) is 0 Å². The number of ether oxygens (including phenoxy) is 3. The van der Waals surface area contributed by atoms with E-state index in [1.807, 2.05) is 6.07 Å². The second kappa shape index (κ2) is 12.1. The number of halogens is 1. The van der Waals surface area contributed by atoms with Gasteiger partial charge < -0.3 is 24.8 Å². The third-order valence-corrected chi connectivity index (χ3v) is 5.03. The Labute approximate surface area is 207 Å². The van der Waals surface area contributed by atoms with E-state index >= 15 is 0 Å². The standard InChI is InChI=1S/C26H22ClN3O5/c1-33-20-7-5-6-19(14-20)29-26(32)18(15-28)12-17-10-11-23(24(13-17)34-2)35-16-25(31)30-22-9-4-3-8-21(22)27/h3-14H,16H2,1-2H3,(H,29,32)(H,30,31)/b18-12+. The van der Waals surface area contributed by atoms with Crippen LogP contribution >= 0.6 is 11.6 Å². The van der Waals surface area contributed by atoms with Crippen molar-refractivity contribution in [3.8, 4) is 23.3 Å². The van der Waals surface area contributed by atoms with Crippen molar-refractivity contribution in [3.05, 3.63) is 82.9 Å². The van der Waals surface area contributed by atoms with Crippen LogP contribution in [0.2, 0.25) is 5.02 Å². The molecule has 178 valence electrons. The Balaban J connectivity index is 1.68. The Kier molecular flexibility index (Phi) is 8.70. The first-order valence-electron chi connectivity index (χ1n) is 10.4. The summed E-state index contributed by atoms with van der Waals surface area (Å²) in [6.45, 7) is -0.275. The van der Waals surface area contributed by atoms with Gasteiger partial charge in [-0.15, -0.1) is 0 Å². The lowest BCUT2D eigenvalue weighted by Gasteiger charge is -2.12. The van der Waals surface area contributed by atoms with Crippen LogP contribution < -0.4 is 24.8 Å². The van der Waals surface area contributed by atoms with Gasteiger partial charge in [-0.05, 0) is 48.0 Å². The van der Waals surface area contributed by atoms with Crippen molar-refractivity contribution in [1.29, 1.82) is 5.26 Å². The lowest BCUT2D eigenvalue weighted by atomic mass is 10.1. The van der Waals surface area contributed by atoms with Crippen molar-refractivity contribution in [2.75, 3.05) is 31.5 Å². The van der Waals surface area contributed by atoms with E-state index in [1.165, 1.54) is 20.3 Å². The Hall–Kier alpha value is -4.48. The number of nitrogens with one attached hydrogen (secondary N) is 2. The quantitative estimate of drug-likeness (QED) is 0.325. The van der Waals surface area contributed by atoms with Gasteiger partial charge in [-0.2, -0.15) is 5.26 Å². The maximum Gasteiger partial charge on any atom is 0.266 e. The molecule has 35 heavy (non-hydrogen) atoms. The molecule has 9 heteroatoms. The van der Waals surface area contributed by atoms with Crippen molar-refractivity contribution in [2.24, 2.45) is 0 Å². The minimum absolute atomic E-state index is 0.109. The Morgan fingerprint density at radius 3 is 2.49 bits per heavy atom. The number of rotatable bonds is 9. The van der Waals surface area contributed by atoms with Crippen LogP contribution in [0.5, 0.6) is 17.2 Å². The third-order valence-electron chi connectivity index (χ3n) is 4.70. The van der Waals surface area contributed by atoms with E-state index in [-0.39, 0.29) is 12.2 Å². The third kappa shape index (κ3) is 7.00. The van der Waals surface area contributed by atoms with Gasteiger partial charge >= 0.3 is 0 Å². The fraction of sp³-hybridized carbons (Fsp3) is 0.115. The summed E-state index contributed by atoms with van der Waals surface area (Å²) < 4.78 is 16.1. The van der Waals surface area contributed by atoms with E-state index in [0.717, 1.165) is 0 Å². The SMILES string of the molecule is COc1cccc(NC(=O)/C(C#N)=C/c2ccc(OCC(=O)Nc3ccccc3Cl)c(OC)c2)c1. The molecule has 0 heterocycles. The molecule has 2 N–H and O–H groups in total. The molecule has 3 aromatic rings. The minimum Gasteiger partial charge on any atom is -0.497 e. The van der Waals surface area contributed by atoms with Gasteiger partial charge in [0, 0.05) is 11.8 Å². The summed E-state index contributed by atoms with van der Waals surface area (Å²) in [4.78, 5) is 24.8. The molecule has 0 spiro atoms. The van der Waals surface area contributed by atoms with E-state index in [2.05, 4.69) is 10.6 Å². The van der Waals surface area contributed by atoms with Crippen LogP contribution in [0.3, 0.4) is 0 Å². The summed E-state index contributed by atoms with van der Waals surface area (Å²) in [6.07, 6.45) is 1.42. The second-order valence-electron chi connectivity index (χ2n) is 7.08. The second-order valence-corrected chi connectivity index (χ2v) is 7.49. The number of nitrogens with zero attached hydrogens (tertiary/aromatic N) is 1.